The van der Waals surface area contributed by atoms with Crippen molar-refractivity contribution in [1.29, 1.82) is 0 Å². The van der Waals surface area contributed by atoms with E-state index in [-0.39, 0.29) is 17.1 Å². The quantitative estimate of drug-likeness (QED) is 0.557. The molecule has 0 fully saturated rings. The van der Waals surface area contributed by atoms with E-state index >= 15 is 0 Å². The molecule has 0 radical (unpaired) electrons. The Hall–Kier alpha value is -0.380. The van der Waals surface area contributed by atoms with Gasteiger partial charge in [0, 0.05) is 6.54 Å². The van der Waals surface area contributed by atoms with Crippen molar-refractivity contribution < 1.29 is 4.79 Å². The zero-order valence-corrected chi connectivity index (χ0v) is 8.53. The Balaban J connectivity index is 3.38. The number of thiol groups is 1. The van der Waals surface area contributed by atoms with Gasteiger partial charge in [0.15, 0.2) is 0 Å². The van der Waals surface area contributed by atoms with Gasteiger partial charge in [0.25, 0.3) is 0 Å². The Kier molecular flexibility index (Phi) is 5.11. The molecule has 0 saturated heterocycles. The van der Waals surface area contributed by atoms with Crippen LogP contribution in [0.4, 0.5) is 4.79 Å². The molecule has 11 heavy (non-hydrogen) atoms. The molecule has 0 saturated carbocycles. The summed E-state index contributed by atoms with van der Waals surface area (Å²) >= 11 is -0.333. The Bertz CT molecular complexity index is 126. The smallest absolute Gasteiger partial charge is 0.323 e. The third-order valence-electron chi connectivity index (χ3n) is 0.996. The predicted molar refractivity (Wildman–Crippen MR) is 52.2 cm³/mol. The third-order valence-corrected chi connectivity index (χ3v) is 1.65. The Morgan fingerprint density at radius 1 is 1.45 bits per heavy atom. The molecule has 0 aliphatic heterocycles. The summed E-state index contributed by atoms with van der Waals surface area (Å²) in [4.78, 5) is 11.0. The van der Waals surface area contributed by atoms with Gasteiger partial charge in [-0.2, -0.15) is 11.1 Å². The van der Waals surface area contributed by atoms with Crippen LogP contribution in [0.15, 0.2) is 0 Å². The fraction of sp³-hybridized carbons (Fsp3) is 0.857. The van der Waals surface area contributed by atoms with Crippen LogP contribution in [0.1, 0.15) is 13.8 Å². The van der Waals surface area contributed by atoms with Gasteiger partial charge >= 0.3 is 6.03 Å². The molecule has 0 bridgehead atoms. The Labute approximate surface area is 71.4 Å². The molecule has 0 aliphatic carbocycles. The monoisotopic (exact) mass is 178 g/mol. The number of hydrogen-bond donors (Lipinski definition) is 3. The van der Waals surface area contributed by atoms with Gasteiger partial charge in [-0.1, -0.05) is 13.8 Å². The van der Waals surface area contributed by atoms with Gasteiger partial charge in [0.2, 0.25) is 0 Å². The maximum Gasteiger partial charge on any atom is 0.323 e. The summed E-state index contributed by atoms with van der Waals surface area (Å²) in [5.74, 6) is 0.515. The molecule has 0 aromatic carbocycles. The molecule has 0 atom stereocenters. The van der Waals surface area contributed by atoms with Crippen LogP contribution >= 0.6 is 11.1 Å². The summed E-state index contributed by atoms with van der Waals surface area (Å²) < 4.78 is 2.81. The highest BCUT2D eigenvalue weighted by atomic mass is 32.2. The standard InChI is InChI=1S/C7H18N2OS/c1-6(2)5-8-7(10)9-11(3)4/h6,11H,5H2,1-4H3,(H2,8,9,10). The third kappa shape index (κ3) is 7.52. The van der Waals surface area contributed by atoms with E-state index < -0.39 is 0 Å². The molecule has 0 heterocycles. The molecule has 2 amide bonds. The van der Waals surface area contributed by atoms with Gasteiger partial charge in [-0.25, -0.2) is 4.79 Å². The molecule has 2 N–H and O–H groups in total. The van der Waals surface area contributed by atoms with Crippen molar-refractivity contribution >= 4 is 17.1 Å². The fourth-order valence-corrected chi connectivity index (χ4v) is 1.02. The Morgan fingerprint density at radius 3 is 2.36 bits per heavy atom. The normalized spacial score (nSPS) is 11.2. The summed E-state index contributed by atoms with van der Waals surface area (Å²) in [6, 6.07) is -0.0465. The van der Waals surface area contributed by atoms with Crippen molar-refractivity contribution in [3.05, 3.63) is 0 Å². The molecule has 4 heteroatoms. The number of nitrogens with one attached hydrogen (secondary N) is 2. The minimum Gasteiger partial charge on any atom is -0.337 e. The zero-order valence-electron chi connectivity index (χ0n) is 7.64. The topological polar surface area (TPSA) is 41.1 Å². The van der Waals surface area contributed by atoms with E-state index in [1.54, 1.807) is 0 Å². The fourth-order valence-electron chi connectivity index (χ4n) is 0.539. The van der Waals surface area contributed by atoms with Crippen molar-refractivity contribution in [3.63, 3.8) is 0 Å². The first-order valence-electron chi connectivity index (χ1n) is 3.74. The van der Waals surface area contributed by atoms with Gasteiger partial charge in [-0.3, -0.25) is 0 Å². The number of hydrogen-bond acceptors (Lipinski definition) is 1. The zero-order chi connectivity index (χ0) is 8.85. The number of carbonyl (C=O) groups is 1. The lowest BCUT2D eigenvalue weighted by Crippen LogP contribution is -2.35. The van der Waals surface area contributed by atoms with Crippen LogP contribution in [0, 0.1) is 5.92 Å². The van der Waals surface area contributed by atoms with Crippen LogP contribution in [-0.2, 0) is 0 Å². The van der Waals surface area contributed by atoms with E-state index in [1.165, 1.54) is 0 Å². The summed E-state index contributed by atoms with van der Waals surface area (Å²) in [6.07, 6.45) is 4.01. The van der Waals surface area contributed by atoms with Crippen LogP contribution < -0.4 is 10.0 Å². The molecule has 0 aliphatic rings. The molecule has 0 rings (SSSR count). The predicted octanol–water partition coefficient (Wildman–Crippen LogP) is 1.12. The van der Waals surface area contributed by atoms with E-state index in [2.05, 4.69) is 23.9 Å². The van der Waals surface area contributed by atoms with E-state index in [0.29, 0.717) is 5.92 Å². The maximum atomic E-state index is 11.0. The largest absolute Gasteiger partial charge is 0.337 e. The molecule has 0 unspecified atom stereocenters. The van der Waals surface area contributed by atoms with Crippen molar-refractivity contribution in [2.24, 2.45) is 5.92 Å². The van der Waals surface area contributed by atoms with Crippen LogP contribution in [0.3, 0.4) is 0 Å². The second-order valence-corrected chi connectivity index (χ2v) is 5.12. The lowest BCUT2D eigenvalue weighted by Gasteiger charge is -2.13. The summed E-state index contributed by atoms with van der Waals surface area (Å²) in [6.45, 7) is 4.89. The van der Waals surface area contributed by atoms with Gasteiger partial charge in [0.05, 0.1) is 0 Å². The van der Waals surface area contributed by atoms with Gasteiger partial charge in [-0.05, 0) is 18.4 Å². The first-order valence-corrected chi connectivity index (χ1v) is 5.97. The highest BCUT2D eigenvalue weighted by molar-refractivity contribution is 8.14. The highest BCUT2D eigenvalue weighted by Gasteiger charge is 2.00. The molecule has 0 aromatic heterocycles. The summed E-state index contributed by atoms with van der Waals surface area (Å²) in [5.41, 5.74) is 0. The Morgan fingerprint density at radius 2 is 2.00 bits per heavy atom. The number of urea groups is 1. The van der Waals surface area contributed by atoms with E-state index in [9.17, 15) is 4.79 Å². The highest BCUT2D eigenvalue weighted by Crippen LogP contribution is 2.03. The van der Waals surface area contributed by atoms with Gasteiger partial charge in [-0.15, -0.1) is 0 Å². The molecule has 0 spiro atoms. The molecule has 0 aromatic rings. The van der Waals surface area contributed by atoms with Crippen LogP contribution in [0.5, 0.6) is 0 Å². The first-order chi connectivity index (χ1) is 5.02. The number of carbonyl (C=O) groups excluding carboxylic acids is 1. The molecule has 68 valence electrons. The van der Waals surface area contributed by atoms with Crippen LogP contribution in [0.25, 0.3) is 0 Å². The van der Waals surface area contributed by atoms with Gasteiger partial charge < -0.3 is 10.0 Å². The summed E-state index contributed by atoms with van der Waals surface area (Å²) in [7, 11) is 0. The van der Waals surface area contributed by atoms with Crippen molar-refractivity contribution in [2.45, 2.75) is 13.8 Å². The SMILES string of the molecule is CC(C)CNC(=O)N[SH](C)C. The minimum absolute atomic E-state index is 0.0465. The van der Waals surface area contributed by atoms with Crippen LogP contribution in [0.2, 0.25) is 0 Å². The van der Waals surface area contributed by atoms with Crippen LogP contribution in [-0.4, -0.2) is 25.1 Å². The number of amides is 2. The maximum absolute atomic E-state index is 11.0. The van der Waals surface area contributed by atoms with Crippen molar-refractivity contribution in [2.75, 3.05) is 19.1 Å². The second-order valence-electron chi connectivity index (χ2n) is 3.11. The minimum atomic E-state index is -0.333. The van der Waals surface area contributed by atoms with Crippen molar-refractivity contribution in [3.8, 4) is 0 Å². The molecular formula is C7H18N2OS. The molecule has 3 nitrogen and oxygen atoms in total. The average Bonchev–Trinajstić information content (AvgIpc) is 1.82. The lowest BCUT2D eigenvalue weighted by atomic mass is 10.2. The van der Waals surface area contributed by atoms with E-state index in [0.717, 1.165) is 6.54 Å². The van der Waals surface area contributed by atoms with Crippen molar-refractivity contribution in [1.82, 2.24) is 10.0 Å². The average molecular weight is 178 g/mol. The lowest BCUT2D eigenvalue weighted by molar-refractivity contribution is 0.245. The van der Waals surface area contributed by atoms with E-state index in [4.69, 9.17) is 0 Å². The van der Waals surface area contributed by atoms with E-state index in [1.807, 2.05) is 12.5 Å². The van der Waals surface area contributed by atoms with Gasteiger partial charge in [0.1, 0.15) is 0 Å². The second kappa shape index (κ2) is 5.29. The number of rotatable bonds is 3. The summed E-state index contributed by atoms with van der Waals surface area (Å²) in [5, 5.41) is 2.78. The first kappa shape index (κ1) is 10.6. The molecular weight excluding hydrogens is 160 g/mol.